The lowest BCUT2D eigenvalue weighted by atomic mass is 10.2. The second kappa shape index (κ2) is 6.91. The Bertz CT molecular complexity index is 752. The molecule has 1 N–H and O–H groups in total. The number of halogens is 4. The molecule has 0 aliphatic heterocycles. The molecule has 122 valence electrons. The highest BCUT2D eigenvalue weighted by Crippen LogP contribution is 2.24. The first-order chi connectivity index (χ1) is 10.8. The summed E-state index contributed by atoms with van der Waals surface area (Å²) in [6.07, 6.45) is -0.984. The van der Waals surface area contributed by atoms with Gasteiger partial charge in [-0.2, -0.15) is 0 Å². The zero-order chi connectivity index (χ0) is 17.1. The first kappa shape index (κ1) is 17.1. The molecular formula is C16H13ClF3NO2. The van der Waals surface area contributed by atoms with Gasteiger partial charge in [0.2, 0.25) is 0 Å². The summed E-state index contributed by atoms with van der Waals surface area (Å²) < 4.78 is 45.0. The molecule has 3 nitrogen and oxygen atoms in total. The van der Waals surface area contributed by atoms with Gasteiger partial charge < -0.3 is 10.1 Å². The van der Waals surface area contributed by atoms with E-state index in [2.05, 4.69) is 5.32 Å². The normalized spacial score (nSPS) is 11.9. The Morgan fingerprint density at radius 3 is 2.52 bits per heavy atom. The van der Waals surface area contributed by atoms with Crippen LogP contribution in [0.4, 0.5) is 18.9 Å². The summed E-state index contributed by atoms with van der Waals surface area (Å²) in [5.41, 5.74) is 0.258. The van der Waals surface area contributed by atoms with Crippen LogP contribution < -0.4 is 10.1 Å². The lowest BCUT2D eigenvalue weighted by molar-refractivity contribution is -0.122. The third-order valence-corrected chi connectivity index (χ3v) is 3.34. The van der Waals surface area contributed by atoms with Crippen LogP contribution in [0.15, 0.2) is 30.3 Å². The van der Waals surface area contributed by atoms with E-state index in [1.165, 1.54) is 6.92 Å². The van der Waals surface area contributed by atoms with Crippen molar-refractivity contribution in [1.82, 2.24) is 0 Å². The van der Waals surface area contributed by atoms with E-state index >= 15 is 0 Å². The van der Waals surface area contributed by atoms with Crippen LogP contribution in [0.5, 0.6) is 5.75 Å². The second-order valence-electron chi connectivity index (χ2n) is 4.88. The van der Waals surface area contributed by atoms with Gasteiger partial charge in [0.25, 0.3) is 5.91 Å². The van der Waals surface area contributed by atoms with E-state index in [1.807, 2.05) is 0 Å². The van der Waals surface area contributed by atoms with Crippen LogP contribution in [-0.4, -0.2) is 12.0 Å². The highest BCUT2D eigenvalue weighted by atomic mass is 35.5. The lowest BCUT2D eigenvalue weighted by Gasteiger charge is -2.16. The molecule has 2 aromatic rings. The van der Waals surface area contributed by atoms with Crippen LogP contribution in [-0.2, 0) is 4.79 Å². The Kier molecular flexibility index (Phi) is 5.15. The largest absolute Gasteiger partial charge is 0.481 e. The first-order valence-electron chi connectivity index (χ1n) is 6.66. The highest BCUT2D eigenvalue weighted by Gasteiger charge is 2.20. The minimum atomic E-state index is -1.65. The summed E-state index contributed by atoms with van der Waals surface area (Å²) >= 11 is 5.83. The molecule has 2 aromatic carbocycles. The zero-order valence-corrected chi connectivity index (χ0v) is 13.0. The molecule has 0 heterocycles. The fraction of sp³-hybridized carbons (Fsp3) is 0.188. The monoisotopic (exact) mass is 343 g/mol. The molecule has 1 atom stereocenters. The van der Waals surface area contributed by atoms with Crippen LogP contribution in [0.25, 0.3) is 0 Å². The van der Waals surface area contributed by atoms with Gasteiger partial charge in [-0.05, 0) is 49.7 Å². The third kappa shape index (κ3) is 3.96. The second-order valence-corrected chi connectivity index (χ2v) is 5.32. The van der Waals surface area contributed by atoms with Crippen molar-refractivity contribution in [3.05, 3.63) is 58.4 Å². The molecule has 0 saturated carbocycles. The Hall–Kier alpha value is -2.21. The predicted molar refractivity (Wildman–Crippen MR) is 81.2 cm³/mol. The van der Waals surface area contributed by atoms with Gasteiger partial charge in [-0.25, -0.2) is 13.2 Å². The van der Waals surface area contributed by atoms with Crippen molar-refractivity contribution in [1.29, 1.82) is 0 Å². The molecule has 0 aliphatic carbocycles. The average molecular weight is 344 g/mol. The smallest absolute Gasteiger partial charge is 0.265 e. The van der Waals surface area contributed by atoms with E-state index in [1.54, 1.807) is 25.1 Å². The Morgan fingerprint density at radius 1 is 1.17 bits per heavy atom. The van der Waals surface area contributed by atoms with Gasteiger partial charge in [0.15, 0.2) is 23.6 Å². The number of rotatable bonds is 4. The van der Waals surface area contributed by atoms with Gasteiger partial charge in [-0.1, -0.05) is 11.6 Å². The molecule has 1 amide bonds. The zero-order valence-electron chi connectivity index (χ0n) is 12.3. The van der Waals surface area contributed by atoms with Gasteiger partial charge in [0.05, 0.1) is 5.69 Å². The number of aryl methyl sites for hydroxylation is 1. The van der Waals surface area contributed by atoms with Gasteiger partial charge in [-0.15, -0.1) is 0 Å². The summed E-state index contributed by atoms with van der Waals surface area (Å²) in [5.74, 6) is -4.72. The standard InChI is InChI=1S/C16H13ClF3NO2/c1-8-7-10(17)3-6-13(8)23-9(2)16(22)21-12-5-4-11(18)14(19)15(12)20/h3-7,9H,1-2H3,(H,21,22)/t9-/m0/s1. The van der Waals surface area contributed by atoms with Crippen LogP contribution in [0.2, 0.25) is 5.02 Å². The van der Waals surface area contributed by atoms with E-state index in [0.717, 1.165) is 17.7 Å². The van der Waals surface area contributed by atoms with E-state index < -0.39 is 35.2 Å². The van der Waals surface area contributed by atoms with E-state index in [4.69, 9.17) is 16.3 Å². The molecule has 0 fully saturated rings. The van der Waals surface area contributed by atoms with E-state index in [-0.39, 0.29) is 0 Å². The van der Waals surface area contributed by atoms with Crippen molar-refractivity contribution in [2.45, 2.75) is 20.0 Å². The minimum absolute atomic E-state index is 0.433. The maximum atomic E-state index is 13.5. The highest BCUT2D eigenvalue weighted by molar-refractivity contribution is 6.30. The van der Waals surface area contributed by atoms with Crippen LogP contribution in [0, 0.1) is 24.4 Å². The fourth-order valence-corrected chi connectivity index (χ4v) is 2.07. The molecule has 0 unspecified atom stereocenters. The molecule has 0 saturated heterocycles. The van der Waals surface area contributed by atoms with Crippen molar-refractivity contribution < 1.29 is 22.7 Å². The van der Waals surface area contributed by atoms with Crippen molar-refractivity contribution in [3.8, 4) is 5.75 Å². The summed E-state index contributed by atoms with van der Waals surface area (Å²) in [6.45, 7) is 3.20. The number of benzene rings is 2. The van der Waals surface area contributed by atoms with Crippen LogP contribution in [0.1, 0.15) is 12.5 Å². The SMILES string of the molecule is Cc1cc(Cl)ccc1O[C@@H](C)C(=O)Nc1ccc(F)c(F)c1F. The number of carbonyl (C=O) groups is 1. The Morgan fingerprint density at radius 2 is 1.87 bits per heavy atom. The molecule has 23 heavy (non-hydrogen) atoms. The van der Waals surface area contributed by atoms with Crippen molar-refractivity contribution >= 4 is 23.2 Å². The van der Waals surface area contributed by atoms with Crippen molar-refractivity contribution in [2.75, 3.05) is 5.32 Å². The number of anilines is 1. The number of hydrogen-bond acceptors (Lipinski definition) is 2. The lowest BCUT2D eigenvalue weighted by Crippen LogP contribution is -2.30. The maximum absolute atomic E-state index is 13.5. The minimum Gasteiger partial charge on any atom is -0.481 e. The van der Waals surface area contributed by atoms with Gasteiger partial charge in [0, 0.05) is 5.02 Å². The maximum Gasteiger partial charge on any atom is 0.265 e. The molecule has 7 heteroatoms. The average Bonchev–Trinajstić information content (AvgIpc) is 2.50. The molecular weight excluding hydrogens is 331 g/mol. The van der Waals surface area contributed by atoms with Gasteiger partial charge in [-0.3, -0.25) is 4.79 Å². The third-order valence-electron chi connectivity index (χ3n) is 3.10. The van der Waals surface area contributed by atoms with E-state index in [0.29, 0.717) is 10.8 Å². The van der Waals surface area contributed by atoms with Gasteiger partial charge >= 0.3 is 0 Å². The number of carbonyl (C=O) groups excluding carboxylic acids is 1. The Labute approximate surface area is 136 Å². The quantitative estimate of drug-likeness (QED) is 0.832. The van der Waals surface area contributed by atoms with Crippen molar-refractivity contribution in [3.63, 3.8) is 0 Å². The molecule has 0 aromatic heterocycles. The van der Waals surface area contributed by atoms with E-state index in [9.17, 15) is 18.0 Å². The van der Waals surface area contributed by atoms with Gasteiger partial charge in [0.1, 0.15) is 5.75 Å². The molecule has 2 rings (SSSR count). The molecule has 0 bridgehead atoms. The number of nitrogens with one attached hydrogen (secondary N) is 1. The first-order valence-corrected chi connectivity index (χ1v) is 7.04. The summed E-state index contributed by atoms with van der Waals surface area (Å²) in [4.78, 5) is 12.0. The summed E-state index contributed by atoms with van der Waals surface area (Å²) in [5, 5.41) is 2.68. The number of amides is 1. The molecule has 0 spiro atoms. The predicted octanol–water partition coefficient (Wildman–Crippen LogP) is 4.47. The number of ether oxygens (including phenoxy) is 1. The van der Waals surface area contributed by atoms with Crippen LogP contribution in [0.3, 0.4) is 0 Å². The molecule has 0 radical (unpaired) electrons. The summed E-state index contributed by atoms with van der Waals surface area (Å²) in [6, 6.07) is 6.52. The number of hydrogen-bond donors (Lipinski definition) is 1. The fourth-order valence-electron chi connectivity index (χ4n) is 1.85. The van der Waals surface area contributed by atoms with Crippen LogP contribution >= 0.6 is 11.6 Å². The van der Waals surface area contributed by atoms with Crippen molar-refractivity contribution in [2.24, 2.45) is 0 Å². The molecule has 0 aliphatic rings. The summed E-state index contributed by atoms with van der Waals surface area (Å²) in [7, 11) is 0. The Balaban J connectivity index is 2.10. The topological polar surface area (TPSA) is 38.3 Å².